The summed E-state index contributed by atoms with van der Waals surface area (Å²) in [4.78, 5) is 2.68. The topological polar surface area (TPSA) is 12.5 Å². The summed E-state index contributed by atoms with van der Waals surface area (Å²) in [5.41, 5.74) is 0. The van der Waals surface area contributed by atoms with Gasteiger partial charge in [0.25, 0.3) is 0 Å². The number of hydrogen-bond acceptors (Lipinski definition) is 2. The van der Waals surface area contributed by atoms with Crippen LogP contribution in [0.5, 0.6) is 0 Å². The zero-order valence-electron chi connectivity index (χ0n) is 13.7. The molecule has 0 aromatic carbocycles. The van der Waals surface area contributed by atoms with E-state index in [1.807, 2.05) is 13.8 Å². The van der Waals surface area contributed by atoms with E-state index >= 15 is 0 Å². The van der Waals surface area contributed by atoms with Crippen LogP contribution in [0.4, 0.5) is 0 Å². The maximum absolute atomic E-state index is 5.90. The first-order valence-corrected chi connectivity index (χ1v) is 8.62. The third kappa shape index (κ3) is 6.76. The highest BCUT2D eigenvalue weighted by atomic mass is 16.5. The Morgan fingerprint density at radius 2 is 1.53 bits per heavy atom. The van der Waals surface area contributed by atoms with Crippen molar-refractivity contribution in [2.24, 2.45) is 5.92 Å². The summed E-state index contributed by atoms with van der Waals surface area (Å²) >= 11 is 0. The van der Waals surface area contributed by atoms with Gasteiger partial charge >= 0.3 is 0 Å². The Labute approximate surface area is 120 Å². The van der Waals surface area contributed by atoms with Crippen molar-refractivity contribution in [1.29, 1.82) is 0 Å². The number of nitrogens with zero attached hydrogens (tertiary/aromatic N) is 1. The number of rotatable bonds is 4. The van der Waals surface area contributed by atoms with Gasteiger partial charge in [0.1, 0.15) is 0 Å². The van der Waals surface area contributed by atoms with E-state index in [9.17, 15) is 0 Å². The lowest BCUT2D eigenvalue weighted by atomic mass is 9.88. The number of hydrogen-bond donors (Lipinski definition) is 0. The van der Waals surface area contributed by atoms with Crippen LogP contribution in [-0.2, 0) is 4.74 Å². The van der Waals surface area contributed by atoms with Gasteiger partial charge in [0.2, 0.25) is 0 Å². The van der Waals surface area contributed by atoms with Gasteiger partial charge in [-0.3, -0.25) is 0 Å². The fourth-order valence-electron chi connectivity index (χ4n) is 3.35. The molecule has 114 valence electrons. The van der Waals surface area contributed by atoms with Crippen molar-refractivity contribution in [2.75, 3.05) is 19.6 Å². The minimum Gasteiger partial charge on any atom is -0.375 e. The van der Waals surface area contributed by atoms with Crippen molar-refractivity contribution >= 4 is 0 Å². The summed E-state index contributed by atoms with van der Waals surface area (Å²) in [6.07, 6.45) is 10.8. The van der Waals surface area contributed by atoms with E-state index in [0.717, 1.165) is 5.92 Å². The molecule has 0 amide bonds. The van der Waals surface area contributed by atoms with Crippen LogP contribution in [0.25, 0.3) is 0 Å². The van der Waals surface area contributed by atoms with Crippen LogP contribution < -0.4 is 0 Å². The molecule has 2 nitrogen and oxygen atoms in total. The van der Waals surface area contributed by atoms with Crippen molar-refractivity contribution in [2.45, 2.75) is 84.8 Å². The lowest BCUT2D eigenvalue weighted by Crippen LogP contribution is -2.40. The van der Waals surface area contributed by atoms with Crippen LogP contribution in [0.2, 0.25) is 0 Å². The summed E-state index contributed by atoms with van der Waals surface area (Å²) in [6.45, 7) is 12.2. The highest BCUT2D eigenvalue weighted by Crippen LogP contribution is 2.26. The van der Waals surface area contributed by atoms with Gasteiger partial charge in [-0.05, 0) is 45.4 Å². The van der Waals surface area contributed by atoms with Crippen LogP contribution >= 0.6 is 0 Å². The Morgan fingerprint density at radius 1 is 0.947 bits per heavy atom. The Balaban J connectivity index is 0.000000861. The minimum absolute atomic E-state index is 0.393. The summed E-state index contributed by atoms with van der Waals surface area (Å²) in [5, 5.41) is 0. The molecule has 1 saturated heterocycles. The smallest absolute Gasteiger partial charge is 0.0603 e. The monoisotopic (exact) mass is 269 g/mol. The first-order valence-electron chi connectivity index (χ1n) is 8.62. The highest BCUT2D eigenvalue weighted by Gasteiger charge is 2.23. The molecular weight excluding hydrogens is 234 g/mol. The second-order valence-electron chi connectivity index (χ2n) is 6.19. The van der Waals surface area contributed by atoms with E-state index in [1.165, 1.54) is 64.6 Å². The third-order valence-corrected chi connectivity index (χ3v) is 4.24. The Hall–Kier alpha value is -0.0800. The number of ether oxygens (including phenoxy) is 1. The average molecular weight is 269 g/mol. The van der Waals surface area contributed by atoms with Gasteiger partial charge in [0.05, 0.1) is 12.2 Å². The van der Waals surface area contributed by atoms with Crippen LogP contribution in [0.3, 0.4) is 0 Å². The zero-order valence-corrected chi connectivity index (χ0v) is 13.7. The van der Waals surface area contributed by atoms with Gasteiger partial charge in [0.15, 0.2) is 0 Å². The molecule has 1 aliphatic heterocycles. The number of piperidine rings is 1. The lowest BCUT2D eigenvalue weighted by molar-refractivity contribution is -0.0292. The van der Waals surface area contributed by atoms with Crippen LogP contribution in [0.15, 0.2) is 0 Å². The van der Waals surface area contributed by atoms with Gasteiger partial charge < -0.3 is 9.64 Å². The fraction of sp³-hybridized carbons (Fsp3) is 1.00. The Morgan fingerprint density at radius 3 is 2.05 bits per heavy atom. The highest BCUT2D eigenvalue weighted by molar-refractivity contribution is 4.76. The molecule has 2 heteroatoms. The minimum atomic E-state index is 0.393. The second kappa shape index (κ2) is 9.77. The van der Waals surface area contributed by atoms with Crippen molar-refractivity contribution in [1.82, 2.24) is 4.90 Å². The predicted octanol–water partition coefficient (Wildman–Crippen LogP) is 4.48. The zero-order chi connectivity index (χ0) is 14.1. The molecule has 0 unspecified atom stereocenters. The molecule has 2 fully saturated rings. The van der Waals surface area contributed by atoms with Gasteiger partial charge in [-0.1, -0.05) is 33.1 Å². The molecule has 0 aromatic heterocycles. The van der Waals surface area contributed by atoms with Crippen LogP contribution in [0.1, 0.15) is 72.6 Å². The fourth-order valence-corrected chi connectivity index (χ4v) is 3.35. The van der Waals surface area contributed by atoms with Crippen LogP contribution in [0, 0.1) is 5.92 Å². The van der Waals surface area contributed by atoms with E-state index in [-0.39, 0.29) is 0 Å². The lowest BCUT2D eigenvalue weighted by Gasteiger charge is -2.35. The van der Waals surface area contributed by atoms with E-state index in [0.29, 0.717) is 12.2 Å². The predicted molar refractivity (Wildman–Crippen MR) is 83.6 cm³/mol. The van der Waals surface area contributed by atoms with E-state index < -0.39 is 0 Å². The van der Waals surface area contributed by atoms with E-state index in [1.54, 1.807) is 0 Å². The van der Waals surface area contributed by atoms with Gasteiger partial charge in [-0.15, -0.1) is 0 Å². The van der Waals surface area contributed by atoms with Crippen molar-refractivity contribution in [3.05, 3.63) is 0 Å². The van der Waals surface area contributed by atoms with E-state index in [2.05, 4.69) is 18.7 Å². The van der Waals surface area contributed by atoms with Crippen molar-refractivity contribution in [3.63, 3.8) is 0 Å². The summed E-state index contributed by atoms with van der Waals surface area (Å²) < 4.78 is 5.90. The molecule has 0 N–H and O–H groups in total. The molecule has 0 atom stereocenters. The van der Waals surface area contributed by atoms with Gasteiger partial charge in [-0.25, -0.2) is 0 Å². The molecule has 2 rings (SSSR count). The van der Waals surface area contributed by atoms with Gasteiger partial charge in [-0.2, -0.15) is 0 Å². The molecule has 19 heavy (non-hydrogen) atoms. The summed E-state index contributed by atoms with van der Waals surface area (Å²) in [5.74, 6) is 0.992. The largest absolute Gasteiger partial charge is 0.375 e. The molecule has 1 saturated carbocycles. The molecule has 1 aliphatic carbocycles. The molecule has 0 aromatic rings. The summed E-state index contributed by atoms with van der Waals surface area (Å²) in [7, 11) is 0. The van der Waals surface area contributed by atoms with Crippen molar-refractivity contribution in [3.8, 4) is 0 Å². The van der Waals surface area contributed by atoms with E-state index in [4.69, 9.17) is 4.74 Å². The maximum atomic E-state index is 5.90. The van der Waals surface area contributed by atoms with Crippen LogP contribution in [-0.4, -0.2) is 36.7 Å². The molecule has 0 spiro atoms. The SMILES string of the molecule is CC.CC(C)OC1CCN(CC2CCCCC2)CC1. The Bertz CT molecular complexity index is 203. The quantitative estimate of drug-likeness (QED) is 0.746. The molecule has 0 radical (unpaired) electrons. The third-order valence-electron chi connectivity index (χ3n) is 4.24. The first-order chi connectivity index (χ1) is 9.24. The normalized spacial score (nSPS) is 23.2. The molecule has 2 aliphatic rings. The molecule has 1 heterocycles. The average Bonchev–Trinajstić information content (AvgIpc) is 2.44. The first kappa shape index (κ1) is 17.0. The second-order valence-corrected chi connectivity index (χ2v) is 6.19. The van der Waals surface area contributed by atoms with Gasteiger partial charge in [0, 0.05) is 19.6 Å². The maximum Gasteiger partial charge on any atom is 0.0603 e. The standard InChI is InChI=1S/C15H29NO.C2H6/c1-13(2)17-15-8-10-16(11-9-15)12-14-6-4-3-5-7-14;1-2/h13-15H,3-12H2,1-2H3;1-2H3. The Kier molecular flexibility index (Phi) is 8.72. The summed E-state index contributed by atoms with van der Waals surface area (Å²) in [6, 6.07) is 0. The van der Waals surface area contributed by atoms with Crippen molar-refractivity contribution < 1.29 is 4.74 Å². The molecular formula is C17H35NO. The molecule has 0 bridgehead atoms. The number of likely N-dealkylation sites (tertiary alicyclic amines) is 1.